The van der Waals surface area contributed by atoms with Gasteiger partial charge in [0.15, 0.2) is 11.6 Å². The minimum Gasteiger partial charge on any atom is -0.335 e. The topological polar surface area (TPSA) is 57.7 Å². The van der Waals surface area contributed by atoms with E-state index < -0.39 is 44.3 Å². The molecule has 0 aromatic heterocycles. The molecule has 2 aromatic carbocycles. The smallest absolute Gasteiger partial charge is 0.254 e. The summed E-state index contributed by atoms with van der Waals surface area (Å²) in [7, 11) is -2.61. The summed E-state index contributed by atoms with van der Waals surface area (Å²) in [5, 5.41) is 0. The van der Waals surface area contributed by atoms with Crippen molar-refractivity contribution in [3.05, 3.63) is 65.0 Å². The first-order valence-corrected chi connectivity index (χ1v) is 11.1. The zero-order chi connectivity index (χ0) is 22.1. The monoisotopic (exact) mass is 440 g/mol. The van der Waals surface area contributed by atoms with Crippen molar-refractivity contribution >= 4 is 15.9 Å². The molecule has 3 rings (SSSR count). The summed E-state index contributed by atoms with van der Waals surface area (Å²) >= 11 is 0. The fraction of sp³-hybridized carbons (Fsp3) is 0.381. The largest absolute Gasteiger partial charge is 0.335 e. The first-order chi connectivity index (χ1) is 14.1. The molecule has 5 nitrogen and oxygen atoms in total. The van der Waals surface area contributed by atoms with E-state index in [0.717, 1.165) is 30.7 Å². The van der Waals surface area contributed by atoms with Crippen LogP contribution in [0.15, 0.2) is 41.3 Å². The molecule has 2 aromatic rings. The zero-order valence-electron chi connectivity index (χ0n) is 16.7. The molecule has 1 saturated heterocycles. The van der Waals surface area contributed by atoms with Crippen molar-refractivity contribution in [2.24, 2.45) is 0 Å². The predicted molar refractivity (Wildman–Crippen MR) is 106 cm³/mol. The van der Waals surface area contributed by atoms with Gasteiger partial charge in [-0.3, -0.25) is 4.79 Å². The number of piperidine rings is 1. The molecule has 162 valence electrons. The van der Waals surface area contributed by atoms with E-state index in [-0.39, 0.29) is 5.56 Å². The Bertz CT molecular complexity index is 1050. The van der Waals surface area contributed by atoms with Gasteiger partial charge in [-0.05, 0) is 55.7 Å². The highest BCUT2D eigenvalue weighted by Gasteiger charge is 2.30. The van der Waals surface area contributed by atoms with Gasteiger partial charge < -0.3 is 4.90 Å². The van der Waals surface area contributed by atoms with Gasteiger partial charge in [0, 0.05) is 25.7 Å². The highest BCUT2D eigenvalue weighted by molar-refractivity contribution is 7.89. The predicted octanol–water partition coefficient (Wildman–Crippen LogP) is 4.11. The standard InChI is InChI=1S/C21H23F3N2O3S/c1-14(15-6-8-17(22)19(24)12-15)25(2)21(27)16-7-9-18(23)20(13-16)30(28,29)26-10-4-3-5-11-26/h6-9,12-14H,3-5,10-11H2,1-2H3. The maximum absolute atomic E-state index is 14.4. The van der Waals surface area contributed by atoms with Crippen molar-refractivity contribution in [2.45, 2.75) is 37.1 Å². The molecule has 1 aliphatic heterocycles. The number of halogens is 3. The molecule has 1 heterocycles. The molecule has 1 unspecified atom stereocenters. The van der Waals surface area contributed by atoms with Crippen molar-refractivity contribution in [2.75, 3.05) is 20.1 Å². The van der Waals surface area contributed by atoms with E-state index in [1.165, 1.54) is 28.4 Å². The molecule has 9 heteroatoms. The number of amides is 1. The number of sulfonamides is 1. The van der Waals surface area contributed by atoms with E-state index in [9.17, 15) is 26.4 Å². The second-order valence-electron chi connectivity index (χ2n) is 7.38. The van der Waals surface area contributed by atoms with Crippen molar-refractivity contribution in [3.8, 4) is 0 Å². The third-order valence-corrected chi connectivity index (χ3v) is 7.35. The first kappa shape index (κ1) is 22.3. The summed E-state index contributed by atoms with van der Waals surface area (Å²) in [6, 6.07) is 5.92. The third kappa shape index (κ3) is 4.37. The molecular weight excluding hydrogens is 417 g/mol. The van der Waals surface area contributed by atoms with Gasteiger partial charge in [0.1, 0.15) is 10.7 Å². The van der Waals surface area contributed by atoms with E-state index in [4.69, 9.17) is 0 Å². The number of nitrogens with zero attached hydrogens (tertiary/aromatic N) is 2. The SMILES string of the molecule is CC(c1ccc(F)c(F)c1)N(C)C(=O)c1ccc(F)c(S(=O)(=O)N2CCCCC2)c1. The number of hydrogen-bond donors (Lipinski definition) is 0. The van der Waals surface area contributed by atoms with Crippen LogP contribution in [0.2, 0.25) is 0 Å². The first-order valence-electron chi connectivity index (χ1n) is 9.64. The van der Waals surface area contributed by atoms with E-state index in [1.807, 2.05) is 0 Å². The van der Waals surface area contributed by atoms with Gasteiger partial charge in [0.05, 0.1) is 6.04 Å². The molecular formula is C21H23F3N2O3S. The number of hydrogen-bond acceptors (Lipinski definition) is 3. The van der Waals surface area contributed by atoms with Crippen LogP contribution in [0.3, 0.4) is 0 Å². The molecule has 30 heavy (non-hydrogen) atoms. The molecule has 0 spiro atoms. The van der Waals surface area contributed by atoms with Gasteiger partial charge in [0.2, 0.25) is 10.0 Å². The maximum Gasteiger partial charge on any atom is 0.254 e. The van der Waals surface area contributed by atoms with Crippen LogP contribution in [0.25, 0.3) is 0 Å². The Morgan fingerprint density at radius 2 is 1.60 bits per heavy atom. The Morgan fingerprint density at radius 3 is 2.23 bits per heavy atom. The molecule has 1 amide bonds. The van der Waals surface area contributed by atoms with Gasteiger partial charge in [-0.2, -0.15) is 4.31 Å². The van der Waals surface area contributed by atoms with Crippen molar-refractivity contribution in [3.63, 3.8) is 0 Å². The van der Waals surface area contributed by atoms with Crippen LogP contribution in [0.4, 0.5) is 13.2 Å². The van der Waals surface area contributed by atoms with Gasteiger partial charge in [0.25, 0.3) is 5.91 Å². The average Bonchev–Trinajstić information content (AvgIpc) is 2.75. The van der Waals surface area contributed by atoms with E-state index in [0.29, 0.717) is 31.5 Å². The number of rotatable bonds is 5. The molecule has 0 bridgehead atoms. The number of benzene rings is 2. The molecule has 0 N–H and O–H groups in total. The summed E-state index contributed by atoms with van der Waals surface area (Å²) in [6.45, 7) is 2.25. The maximum atomic E-state index is 14.4. The van der Waals surface area contributed by atoms with Crippen LogP contribution in [0, 0.1) is 17.5 Å². The third-order valence-electron chi connectivity index (χ3n) is 5.44. The number of carbonyl (C=O) groups is 1. The fourth-order valence-electron chi connectivity index (χ4n) is 3.45. The van der Waals surface area contributed by atoms with Crippen LogP contribution in [-0.4, -0.2) is 43.7 Å². The average molecular weight is 440 g/mol. The summed E-state index contributed by atoms with van der Waals surface area (Å²) in [5.74, 6) is -3.52. The summed E-state index contributed by atoms with van der Waals surface area (Å²) in [6.07, 6.45) is 2.32. The molecule has 0 aliphatic carbocycles. The second kappa shape index (κ2) is 8.77. The summed E-state index contributed by atoms with van der Waals surface area (Å²) in [4.78, 5) is 13.6. The fourth-order valence-corrected chi connectivity index (χ4v) is 5.06. The molecule has 1 aliphatic rings. The van der Waals surface area contributed by atoms with Crippen LogP contribution < -0.4 is 0 Å². The zero-order valence-corrected chi connectivity index (χ0v) is 17.6. The Kier molecular flexibility index (Phi) is 6.52. The van der Waals surface area contributed by atoms with Gasteiger partial charge in [-0.15, -0.1) is 0 Å². The minimum absolute atomic E-state index is 0.0103. The highest BCUT2D eigenvalue weighted by atomic mass is 32.2. The van der Waals surface area contributed by atoms with Crippen LogP contribution >= 0.6 is 0 Å². The molecule has 0 saturated carbocycles. The van der Waals surface area contributed by atoms with E-state index in [2.05, 4.69) is 0 Å². The van der Waals surface area contributed by atoms with E-state index >= 15 is 0 Å². The normalized spacial score (nSPS) is 16.3. The van der Waals surface area contributed by atoms with Crippen LogP contribution in [0.1, 0.15) is 48.1 Å². The van der Waals surface area contributed by atoms with Crippen molar-refractivity contribution in [1.82, 2.24) is 9.21 Å². The van der Waals surface area contributed by atoms with Gasteiger partial charge >= 0.3 is 0 Å². The Balaban J connectivity index is 1.89. The molecule has 0 radical (unpaired) electrons. The Hall–Kier alpha value is -2.39. The summed E-state index contributed by atoms with van der Waals surface area (Å²) in [5.41, 5.74) is 0.358. The van der Waals surface area contributed by atoms with Crippen LogP contribution in [-0.2, 0) is 10.0 Å². The minimum atomic E-state index is -4.06. The highest BCUT2D eigenvalue weighted by Crippen LogP contribution is 2.26. The van der Waals surface area contributed by atoms with Gasteiger partial charge in [-0.25, -0.2) is 21.6 Å². The molecule has 1 fully saturated rings. The molecule has 1 atom stereocenters. The lowest BCUT2D eigenvalue weighted by Crippen LogP contribution is -2.36. The van der Waals surface area contributed by atoms with E-state index in [1.54, 1.807) is 6.92 Å². The second-order valence-corrected chi connectivity index (χ2v) is 9.28. The van der Waals surface area contributed by atoms with Gasteiger partial charge in [-0.1, -0.05) is 12.5 Å². The van der Waals surface area contributed by atoms with Crippen molar-refractivity contribution < 1.29 is 26.4 Å². The Morgan fingerprint density at radius 1 is 0.967 bits per heavy atom. The van der Waals surface area contributed by atoms with Crippen molar-refractivity contribution in [1.29, 1.82) is 0 Å². The lowest BCUT2D eigenvalue weighted by atomic mass is 10.1. The van der Waals surface area contributed by atoms with Crippen LogP contribution in [0.5, 0.6) is 0 Å². The lowest BCUT2D eigenvalue weighted by Gasteiger charge is -2.27. The Labute approximate surface area is 174 Å². The quantitative estimate of drug-likeness (QED) is 0.703. The summed E-state index contributed by atoms with van der Waals surface area (Å²) < 4.78 is 68.1. The number of carbonyl (C=O) groups excluding carboxylic acids is 1. The lowest BCUT2D eigenvalue weighted by molar-refractivity contribution is 0.0742.